The molecule has 2 aromatic heterocycles. The number of rotatable bonds is 78. The lowest BCUT2D eigenvalue weighted by Gasteiger charge is -2.26. The summed E-state index contributed by atoms with van der Waals surface area (Å²) in [4.78, 5) is 253. The molecular formula is C86H161N35O20P2. The second kappa shape index (κ2) is 70.7. The van der Waals surface area contributed by atoms with Crippen molar-refractivity contribution in [3.8, 4) is 0 Å². The summed E-state index contributed by atoms with van der Waals surface area (Å²) in [6.45, 7) is 9.13. The Morgan fingerprint density at radius 2 is 0.615 bits per heavy atom. The van der Waals surface area contributed by atoms with Crippen LogP contribution in [0.4, 0.5) is 0 Å². The van der Waals surface area contributed by atoms with Gasteiger partial charge in [-0.25, -0.2) is 0 Å². The molecule has 2 aromatic rings. The van der Waals surface area contributed by atoms with Crippen molar-refractivity contribution in [1.29, 1.82) is 0 Å². The summed E-state index contributed by atoms with van der Waals surface area (Å²) in [6, 6.07) is -7.91. The molecule has 2 heterocycles. The van der Waals surface area contributed by atoms with Gasteiger partial charge in [-0.05, 0) is 155 Å². The zero-order valence-electron chi connectivity index (χ0n) is 83.3. The van der Waals surface area contributed by atoms with Crippen molar-refractivity contribution in [3.05, 3.63) is 23.8 Å². The van der Waals surface area contributed by atoms with Gasteiger partial charge in [0.2, 0.25) is 41.4 Å². The number of nitrogens with zero attached hydrogens (tertiary/aromatic N) is 12. The van der Waals surface area contributed by atoms with Crippen LogP contribution in [0.1, 0.15) is 219 Å². The van der Waals surface area contributed by atoms with Crippen LogP contribution in [-0.4, -0.2) is 288 Å². The largest absolute Gasteiger partial charge is 0.370 e. The van der Waals surface area contributed by atoms with Gasteiger partial charge in [-0.2, -0.15) is 0 Å². The lowest BCUT2D eigenvalue weighted by molar-refractivity contribution is -0.136. The molecule has 0 fully saturated rings. The number of aliphatic imine (C=N–C) groups is 6. The van der Waals surface area contributed by atoms with E-state index in [1.807, 2.05) is 0 Å². The molecule has 0 aromatic carbocycles. The molecule has 0 aliphatic carbocycles. The predicted octanol–water partition coefficient (Wildman–Crippen LogP) is -6.58. The maximum Gasteiger partial charge on any atom is 0.327 e. The van der Waals surface area contributed by atoms with Crippen LogP contribution in [0.5, 0.6) is 0 Å². The standard InChI is InChI=1S/C57H109N28O12P.C29H52N7O8P/c1-33(47(90)79-39(14-3-4-18-58)46(89)31-36(48(91)72-2)28-37-32-85(84-83-37)25-26-98(95,96)97)27-43(86)40(15-8-22-76-55(66)67)80-49(92)34(11-5-19-73-52(60)61)29-44(87)41(16-9-23-77-56(68)69)81-50(93)35(12-6-20-74-53(62)63)30-45(88)42(17-10-24-78-57(70)71)82-51(94)38(59)13-7-21-75-54(64)65;1-19(2)26(38)16-22(9-5-7-11-30)29(41)33-25(17-23-18-36(35-34-23)13-14-45(42,43)44)27(39)15-20(3)28(40)32-24(21(4)37)10-6-8-12-31/h32-36,38-42H,3-31,58-59H2,1-2H3,(H,72,91)(H,79,90)(H,80,92)(H,81,93)(H,82,94)(H4,60,61,73)(H4,62,63,74)(H4,64,65,75)(H4,66,67,76)(H4,68,69,77)(H4,70,71,78)(H2,95,96,97);18-20,22,24-25H,5-17,30-31H2,1-4H3,(H,32,40)(H,33,41)(H2,42,43,44)/t33-,34-,35-,36-,38+,39+,40+,41+,42+;20-,22-,24+,25+/m11/s1. The van der Waals surface area contributed by atoms with Crippen LogP contribution >= 0.6 is 15.2 Å². The summed E-state index contributed by atoms with van der Waals surface area (Å²) in [6.07, 6.45) is 5.07. The van der Waals surface area contributed by atoms with Gasteiger partial charge >= 0.3 is 15.2 Å². The quantitative estimate of drug-likeness (QED) is 0.0127. The molecular weight excluding hydrogens is 1910 g/mol. The van der Waals surface area contributed by atoms with Crippen molar-refractivity contribution in [1.82, 2.24) is 67.2 Å². The highest BCUT2D eigenvalue weighted by Gasteiger charge is 2.38. The van der Waals surface area contributed by atoms with E-state index >= 15 is 0 Å². The first-order valence-corrected chi connectivity index (χ1v) is 51.6. The summed E-state index contributed by atoms with van der Waals surface area (Å²) < 4.78 is 25.1. The molecule has 0 bridgehead atoms. The predicted molar refractivity (Wildman–Crippen MR) is 539 cm³/mol. The third-order valence-electron chi connectivity index (χ3n) is 22.7. The van der Waals surface area contributed by atoms with Crippen LogP contribution in [0, 0.1) is 41.4 Å². The minimum absolute atomic E-state index is 0.00292. The van der Waals surface area contributed by atoms with E-state index in [0.29, 0.717) is 70.9 Å². The van der Waals surface area contributed by atoms with Gasteiger partial charge in [-0.3, -0.25) is 116 Å². The zero-order chi connectivity index (χ0) is 108. The maximum absolute atomic E-state index is 14.8. The van der Waals surface area contributed by atoms with Gasteiger partial charge in [0.1, 0.15) is 5.78 Å². The third-order valence-corrected chi connectivity index (χ3v) is 24.3. The van der Waals surface area contributed by atoms with Crippen LogP contribution in [0.15, 0.2) is 42.3 Å². The van der Waals surface area contributed by atoms with Crippen molar-refractivity contribution in [2.24, 2.45) is 163 Å². The first-order valence-electron chi connectivity index (χ1n) is 48.0. The number of ketones is 7. The number of hydrogen-bond acceptors (Lipinski definition) is 30. The topological polar surface area (TPSA) is 990 Å². The smallest absolute Gasteiger partial charge is 0.327 e. The van der Waals surface area contributed by atoms with E-state index in [9.17, 15) is 86.0 Å². The summed E-state index contributed by atoms with van der Waals surface area (Å²) in [7, 11) is -7.26. The molecule has 0 aliphatic rings. The monoisotopic (exact) mass is 2070 g/mol. The Labute approximate surface area is 833 Å². The van der Waals surface area contributed by atoms with E-state index in [-0.39, 0.29) is 233 Å². The molecule has 0 radical (unpaired) electrons. The van der Waals surface area contributed by atoms with Crippen LogP contribution in [0.25, 0.3) is 0 Å². The van der Waals surface area contributed by atoms with Crippen LogP contribution in [0.3, 0.4) is 0 Å². The highest BCUT2D eigenvalue weighted by atomic mass is 31.2. The summed E-state index contributed by atoms with van der Waals surface area (Å²) in [5.74, 6) is -15.2. The lowest BCUT2D eigenvalue weighted by Crippen LogP contribution is -2.50. The Hall–Kier alpha value is -12.0. The number of carbonyl (C=O) groups is 14. The van der Waals surface area contributed by atoms with E-state index in [1.165, 1.54) is 42.7 Å². The molecule has 0 spiro atoms. The Kier molecular flexibility index (Phi) is 63.8. The van der Waals surface area contributed by atoms with Crippen molar-refractivity contribution in [3.63, 3.8) is 0 Å². The summed E-state index contributed by atoms with van der Waals surface area (Å²) in [5, 5.41) is 34.7. The number of unbranched alkanes of at least 4 members (excludes halogenated alkanes) is 3. The summed E-state index contributed by atoms with van der Waals surface area (Å²) in [5.41, 5.74) is 90.3. The number of guanidine groups is 6. The minimum atomic E-state index is -4.36. The molecule has 143 heavy (non-hydrogen) atoms. The summed E-state index contributed by atoms with van der Waals surface area (Å²) >= 11 is 0. The van der Waals surface area contributed by atoms with E-state index in [0.717, 1.165) is 0 Å². The average molecular weight is 2070 g/mol. The van der Waals surface area contributed by atoms with Gasteiger partial charge in [0.15, 0.2) is 70.5 Å². The minimum Gasteiger partial charge on any atom is -0.370 e. The zero-order valence-corrected chi connectivity index (χ0v) is 85.0. The van der Waals surface area contributed by atoms with E-state index in [1.54, 1.807) is 20.8 Å². The molecule has 2 rings (SSSR count). The molecule has 13 atom stereocenters. The van der Waals surface area contributed by atoms with Gasteiger partial charge in [0.05, 0.1) is 85.0 Å². The highest BCUT2D eigenvalue weighted by Crippen LogP contribution is 2.35. The third kappa shape index (κ3) is 59.6. The van der Waals surface area contributed by atoms with Gasteiger partial charge in [0, 0.05) is 146 Å². The Morgan fingerprint density at radius 1 is 0.343 bits per heavy atom. The fraction of sp³-hybridized carbons (Fsp3) is 0.721. The second-order valence-corrected chi connectivity index (χ2v) is 39.2. The van der Waals surface area contributed by atoms with Crippen molar-refractivity contribution >= 4 is 133 Å². The Morgan fingerprint density at radius 3 is 0.951 bits per heavy atom. The van der Waals surface area contributed by atoms with Gasteiger partial charge < -0.3 is 149 Å². The average Bonchev–Trinajstić information content (AvgIpc) is 1.85. The first-order chi connectivity index (χ1) is 67.2. The van der Waals surface area contributed by atoms with Crippen molar-refractivity contribution in [2.45, 2.75) is 276 Å². The number of Topliss-reactive ketones (excluding diaryl/α,β-unsaturated/α-hetero) is 7. The van der Waals surface area contributed by atoms with Crippen LogP contribution in [0.2, 0.25) is 0 Å². The molecule has 43 N–H and O–H groups in total. The van der Waals surface area contributed by atoms with Crippen LogP contribution in [-0.2, 0) is 102 Å². The molecule has 57 heteroatoms. The van der Waals surface area contributed by atoms with Gasteiger partial charge in [-0.15, -0.1) is 10.2 Å². The lowest BCUT2D eigenvalue weighted by atomic mass is 9.89. The highest BCUT2D eigenvalue weighted by molar-refractivity contribution is 7.52. The number of aryl methyl sites for hydroxylation is 2. The number of amides is 7. The first kappa shape index (κ1) is 129. The van der Waals surface area contributed by atoms with Gasteiger partial charge in [-0.1, -0.05) is 44.5 Å². The molecule has 0 saturated heterocycles. The molecule has 810 valence electrons. The van der Waals surface area contributed by atoms with Crippen molar-refractivity contribution < 1.29 is 95.8 Å². The number of hydrogen-bond donors (Lipinski definition) is 27. The molecule has 7 amide bonds. The molecule has 55 nitrogen and oxygen atoms in total. The molecule has 0 unspecified atom stereocenters. The SMILES string of the molecule is CC(=O)[C@H](CCCCN)NC(=O)[C@H](C)CC(=O)[C@H](Cc1cn(CCP(=O)(O)O)nn1)NC(=O)[C@H](CCCCN)CC(=O)C(C)C.CNC(=O)[C@@H](CC(=O)[C@H](CCCCN)NC(=O)[C@H](C)CC(=O)[C@H](CCCN=C(N)N)NC(=O)[C@H](CCCN=C(N)N)CC(=O)[C@H](CCCN=C(N)N)NC(=O)[C@H](CCCN=C(N)N)CC(=O)[C@H](CCCN=C(N)N)NC(=O)[C@@H](N)CCCN=C(N)N)Cc1cn(CCP(=O)(O)O)nn1. The molecule has 0 saturated carbocycles. The number of nitrogens with two attached hydrogens (primary N) is 16. The second-order valence-electron chi connectivity index (χ2n) is 35.6. The van der Waals surface area contributed by atoms with E-state index in [4.69, 9.17) is 102 Å². The number of carbonyl (C=O) groups excluding carboxylic acids is 14. The Bertz CT molecular complexity index is 4610. The number of aromatic nitrogens is 6. The van der Waals surface area contributed by atoms with E-state index < -0.39 is 195 Å². The fourth-order valence-corrected chi connectivity index (χ4v) is 15.5. The molecule has 0 aliphatic heterocycles. The Balaban J connectivity index is 0.00000189. The van der Waals surface area contributed by atoms with E-state index in [2.05, 4.69) is 87.8 Å². The van der Waals surface area contributed by atoms with Gasteiger partial charge in [0.25, 0.3) is 0 Å². The number of nitrogens with one attached hydrogen (secondary N) is 7. The van der Waals surface area contributed by atoms with Crippen LogP contribution < -0.4 is 129 Å². The normalized spacial score (nSPS) is 14.1. The van der Waals surface area contributed by atoms with Crippen molar-refractivity contribution in [2.75, 3.05) is 78.3 Å². The maximum atomic E-state index is 14.8. The fourth-order valence-electron chi connectivity index (χ4n) is 14.6.